The van der Waals surface area contributed by atoms with Gasteiger partial charge in [-0.1, -0.05) is 41.5 Å². The van der Waals surface area contributed by atoms with E-state index in [1.807, 2.05) is 0 Å². The van der Waals surface area contributed by atoms with E-state index < -0.39 is 10.0 Å². The number of aliphatic imine (C=N–C) groups is 1. The number of amidine groups is 1. The van der Waals surface area contributed by atoms with Crippen LogP contribution in [0.4, 0.5) is 0 Å². The molecule has 2 rings (SSSR count). The third-order valence-electron chi connectivity index (χ3n) is 4.36. The lowest BCUT2D eigenvalue weighted by Gasteiger charge is -2.42. The predicted octanol–water partition coefficient (Wildman–Crippen LogP) is 2.76. The first kappa shape index (κ1) is 18.5. The van der Waals surface area contributed by atoms with Crippen LogP contribution in [0.5, 0.6) is 0 Å². The Morgan fingerprint density at radius 2 is 1.70 bits per heavy atom. The maximum atomic E-state index is 11.8. The Hall–Kier alpha value is -0.880. The van der Waals surface area contributed by atoms with Gasteiger partial charge in [-0.05, 0) is 24.3 Å². The monoisotopic (exact) mass is 341 g/mol. The molecule has 0 aromatic carbocycles. The first-order chi connectivity index (χ1) is 10.2. The van der Waals surface area contributed by atoms with E-state index in [0.29, 0.717) is 0 Å². The average Bonchev–Trinajstić information content (AvgIpc) is 2.66. The molecule has 2 aliphatic heterocycles. The topological polar surface area (TPSA) is 61.8 Å². The van der Waals surface area contributed by atoms with Gasteiger partial charge in [-0.25, -0.2) is 13.1 Å². The van der Waals surface area contributed by atoms with E-state index in [1.54, 1.807) is 0 Å². The summed E-state index contributed by atoms with van der Waals surface area (Å²) in [6.45, 7) is 15.9. The van der Waals surface area contributed by atoms with Crippen molar-refractivity contribution in [2.45, 2.75) is 67.0 Å². The minimum Gasteiger partial charge on any atom is -0.332 e. The molecule has 1 fully saturated rings. The number of fused-ring (bicyclic) bond motifs is 1. The molecular weight excluding hydrogens is 310 g/mol. The van der Waals surface area contributed by atoms with Gasteiger partial charge in [0.25, 0.3) is 0 Å². The number of hydrogen-bond acceptors (Lipinski definition) is 4. The molecule has 0 radical (unpaired) electrons. The third-order valence-corrected chi connectivity index (χ3v) is 5.08. The summed E-state index contributed by atoms with van der Waals surface area (Å²) in [4.78, 5) is 7.24. The zero-order chi connectivity index (χ0) is 17.8. The third kappa shape index (κ3) is 3.79. The largest absolute Gasteiger partial charge is 0.332 e. The number of hydrogen-bond donors (Lipinski definition) is 1. The fourth-order valence-electron chi connectivity index (χ4n) is 3.77. The van der Waals surface area contributed by atoms with Crippen LogP contribution < -0.4 is 4.72 Å². The molecule has 2 aliphatic rings. The summed E-state index contributed by atoms with van der Waals surface area (Å²) < 4.78 is 26.4. The van der Waals surface area contributed by atoms with E-state index in [1.165, 1.54) is 11.8 Å². The Bertz CT molecular complexity index is 648. The number of sulfonamides is 1. The van der Waals surface area contributed by atoms with Gasteiger partial charge in [-0.2, -0.15) is 0 Å². The second-order valence-corrected chi connectivity index (χ2v) is 10.6. The molecule has 1 saturated heterocycles. The highest BCUT2D eigenvalue weighted by molar-refractivity contribution is 7.88. The van der Waals surface area contributed by atoms with Crippen molar-refractivity contribution in [1.29, 1.82) is 0 Å². The lowest BCUT2D eigenvalue weighted by molar-refractivity contribution is 0.392. The van der Waals surface area contributed by atoms with E-state index >= 15 is 0 Å². The van der Waals surface area contributed by atoms with Gasteiger partial charge in [-0.15, -0.1) is 0 Å². The van der Waals surface area contributed by atoms with E-state index in [2.05, 4.69) is 58.1 Å². The Morgan fingerprint density at radius 3 is 2.13 bits per heavy atom. The van der Waals surface area contributed by atoms with Crippen molar-refractivity contribution in [2.75, 3.05) is 12.8 Å². The fraction of sp³-hybridized carbons (Fsp3) is 0.824. The van der Waals surface area contributed by atoms with E-state index in [0.717, 1.165) is 24.5 Å². The summed E-state index contributed by atoms with van der Waals surface area (Å²) in [6, 6.07) is -0.0908. The molecule has 0 aliphatic carbocycles. The standard InChI is InChI=1S/C17H31N3O2S/c1-11-13(16(2,3)4)14-12(19-23(8,21)22)9-10-20(14)15(18-11)17(5,6)7/h11-12,19H,9-10H2,1-8H3/t11-,12-/m0/s1. The highest BCUT2D eigenvalue weighted by atomic mass is 32.2. The summed E-state index contributed by atoms with van der Waals surface area (Å²) in [5, 5.41) is 0. The zero-order valence-corrected chi connectivity index (χ0v) is 16.5. The van der Waals surface area contributed by atoms with Crippen LogP contribution in [0.25, 0.3) is 0 Å². The zero-order valence-electron chi connectivity index (χ0n) is 15.7. The van der Waals surface area contributed by atoms with Crippen molar-refractivity contribution in [3.63, 3.8) is 0 Å². The first-order valence-electron chi connectivity index (χ1n) is 8.29. The summed E-state index contributed by atoms with van der Waals surface area (Å²) in [6.07, 6.45) is 2.02. The Labute approximate surface area is 141 Å². The van der Waals surface area contributed by atoms with Crippen molar-refractivity contribution in [1.82, 2.24) is 9.62 Å². The molecule has 5 nitrogen and oxygen atoms in total. The van der Waals surface area contributed by atoms with E-state index in [4.69, 9.17) is 4.99 Å². The van der Waals surface area contributed by atoms with Crippen LogP contribution in [0.1, 0.15) is 54.9 Å². The van der Waals surface area contributed by atoms with Gasteiger partial charge < -0.3 is 4.90 Å². The van der Waals surface area contributed by atoms with Crippen molar-refractivity contribution >= 4 is 15.9 Å². The lowest BCUT2D eigenvalue weighted by atomic mass is 9.78. The Balaban J connectivity index is 2.58. The van der Waals surface area contributed by atoms with E-state index in [-0.39, 0.29) is 22.9 Å². The van der Waals surface area contributed by atoms with Gasteiger partial charge >= 0.3 is 0 Å². The molecule has 0 saturated carbocycles. The molecule has 1 N–H and O–H groups in total. The summed E-state index contributed by atoms with van der Waals surface area (Å²) in [7, 11) is -3.25. The van der Waals surface area contributed by atoms with Crippen LogP contribution in [-0.4, -0.2) is 44.0 Å². The van der Waals surface area contributed by atoms with Crippen molar-refractivity contribution in [3.05, 3.63) is 11.3 Å². The van der Waals surface area contributed by atoms with Crippen LogP contribution in [0.3, 0.4) is 0 Å². The fourth-order valence-corrected chi connectivity index (χ4v) is 4.52. The second kappa shape index (κ2) is 5.59. The van der Waals surface area contributed by atoms with Gasteiger partial charge in [0.15, 0.2) is 0 Å². The summed E-state index contributed by atoms with van der Waals surface area (Å²) in [5.41, 5.74) is 2.24. The molecule has 132 valence electrons. The molecule has 2 heterocycles. The Kier molecular flexibility index (Phi) is 4.48. The highest BCUT2D eigenvalue weighted by Gasteiger charge is 2.44. The molecule has 23 heavy (non-hydrogen) atoms. The van der Waals surface area contributed by atoms with Crippen LogP contribution in [0.2, 0.25) is 0 Å². The SMILES string of the molecule is C[C@@H]1N=C(C(C)(C)C)N2CC[C@H](NS(C)(=O)=O)C2=C1C(C)(C)C. The molecule has 6 heteroatoms. The molecule has 0 bridgehead atoms. The Morgan fingerprint density at radius 1 is 1.13 bits per heavy atom. The van der Waals surface area contributed by atoms with Gasteiger partial charge in [-0.3, -0.25) is 4.99 Å². The van der Waals surface area contributed by atoms with Gasteiger partial charge in [0.1, 0.15) is 5.84 Å². The average molecular weight is 342 g/mol. The van der Waals surface area contributed by atoms with Gasteiger partial charge in [0.05, 0.1) is 18.3 Å². The molecule has 0 spiro atoms. The molecule has 0 aromatic rings. The summed E-state index contributed by atoms with van der Waals surface area (Å²) in [5.74, 6) is 1.06. The van der Waals surface area contributed by atoms with Gasteiger partial charge in [0, 0.05) is 17.7 Å². The molecule has 0 unspecified atom stereocenters. The van der Waals surface area contributed by atoms with Crippen molar-refractivity contribution < 1.29 is 8.42 Å². The molecule has 2 atom stereocenters. The van der Waals surface area contributed by atoms with Gasteiger partial charge in [0.2, 0.25) is 10.0 Å². The van der Waals surface area contributed by atoms with E-state index in [9.17, 15) is 8.42 Å². The maximum absolute atomic E-state index is 11.8. The highest BCUT2D eigenvalue weighted by Crippen LogP contribution is 2.43. The minimum absolute atomic E-state index is 0.0539. The summed E-state index contributed by atoms with van der Waals surface area (Å²) >= 11 is 0. The minimum atomic E-state index is -3.25. The molecule has 0 amide bonds. The van der Waals surface area contributed by atoms with Crippen LogP contribution in [0.15, 0.2) is 16.3 Å². The predicted molar refractivity (Wildman–Crippen MR) is 95.9 cm³/mol. The number of nitrogens with one attached hydrogen (secondary N) is 1. The number of rotatable bonds is 2. The van der Waals surface area contributed by atoms with Crippen molar-refractivity contribution in [3.8, 4) is 0 Å². The maximum Gasteiger partial charge on any atom is 0.209 e. The first-order valence-corrected chi connectivity index (χ1v) is 10.2. The van der Waals surface area contributed by atoms with Crippen molar-refractivity contribution in [2.24, 2.45) is 15.8 Å². The normalized spacial score (nSPS) is 26.4. The van der Waals surface area contributed by atoms with Crippen LogP contribution in [-0.2, 0) is 10.0 Å². The molecule has 0 aromatic heterocycles. The second-order valence-electron chi connectivity index (χ2n) is 8.81. The van der Waals surface area contributed by atoms with Crippen LogP contribution >= 0.6 is 0 Å². The van der Waals surface area contributed by atoms with Crippen LogP contribution in [0, 0.1) is 10.8 Å². The molecular formula is C17H31N3O2S. The number of nitrogens with zero attached hydrogens (tertiary/aromatic N) is 2. The quantitative estimate of drug-likeness (QED) is 0.840. The smallest absolute Gasteiger partial charge is 0.209 e. The lowest BCUT2D eigenvalue weighted by Crippen LogP contribution is -2.46.